The van der Waals surface area contributed by atoms with Crippen LogP contribution in [-0.4, -0.2) is 44.1 Å². The molecule has 9 nitrogen and oxygen atoms in total. The Kier molecular flexibility index (Phi) is 5.37. The second-order valence-electron chi connectivity index (χ2n) is 5.47. The summed E-state index contributed by atoms with van der Waals surface area (Å²) in [6.45, 7) is 0.543. The zero-order valence-corrected chi connectivity index (χ0v) is 14.2. The zero-order chi connectivity index (χ0) is 18.4. The van der Waals surface area contributed by atoms with E-state index < -0.39 is 0 Å². The molecule has 0 unspecified atom stereocenters. The van der Waals surface area contributed by atoms with Gasteiger partial charge in [0.2, 0.25) is 5.91 Å². The highest BCUT2D eigenvalue weighted by atomic mass is 16.5. The Morgan fingerprint density at radius 3 is 2.92 bits per heavy atom. The van der Waals surface area contributed by atoms with Crippen molar-refractivity contribution < 1.29 is 9.53 Å². The van der Waals surface area contributed by atoms with Gasteiger partial charge in [-0.1, -0.05) is 12.1 Å². The van der Waals surface area contributed by atoms with E-state index in [0.29, 0.717) is 11.6 Å². The summed E-state index contributed by atoms with van der Waals surface area (Å²) >= 11 is 0. The van der Waals surface area contributed by atoms with Crippen molar-refractivity contribution in [3.63, 3.8) is 0 Å². The lowest BCUT2D eigenvalue weighted by Gasteiger charge is -2.09. The molecule has 0 bridgehead atoms. The van der Waals surface area contributed by atoms with E-state index in [1.807, 2.05) is 24.3 Å². The van der Waals surface area contributed by atoms with Crippen molar-refractivity contribution in [2.75, 3.05) is 13.7 Å². The monoisotopic (exact) mass is 354 g/mol. The number of rotatable bonds is 7. The molecule has 2 heterocycles. The number of nitrogens with one attached hydrogen (secondary N) is 1. The molecule has 0 saturated carbocycles. The van der Waals surface area contributed by atoms with Crippen LogP contribution in [-0.2, 0) is 17.8 Å². The molecule has 2 aromatic heterocycles. The standard InChI is InChI=1S/C17H18N6O3/c1-26-14-4-2-3-13(9-14)10-16(24)19-7-8-22-17(25)6-5-15(21-22)23-12-18-11-20-23/h2-6,9,11-12H,7-8,10H2,1H3,(H,19,24). The van der Waals surface area contributed by atoms with Gasteiger partial charge in [-0.3, -0.25) is 9.59 Å². The van der Waals surface area contributed by atoms with Crippen molar-refractivity contribution in [3.8, 4) is 11.6 Å². The van der Waals surface area contributed by atoms with Crippen LogP contribution in [0, 0.1) is 0 Å². The minimum Gasteiger partial charge on any atom is -0.497 e. The van der Waals surface area contributed by atoms with Gasteiger partial charge in [0.05, 0.1) is 20.1 Å². The number of hydrogen-bond acceptors (Lipinski definition) is 6. The third kappa shape index (κ3) is 4.32. The Morgan fingerprint density at radius 2 is 2.15 bits per heavy atom. The van der Waals surface area contributed by atoms with Gasteiger partial charge in [0.25, 0.3) is 5.56 Å². The van der Waals surface area contributed by atoms with Crippen LogP contribution in [0.5, 0.6) is 5.75 Å². The lowest BCUT2D eigenvalue weighted by molar-refractivity contribution is -0.120. The second-order valence-corrected chi connectivity index (χ2v) is 5.47. The van der Waals surface area contributed by atoms with Crippen molar-refractivity contribution >= 4 is 5.91 Å². The Bertz CT molecular complexity index is 936. The first-order chi connectivity index (χ1) is 12.7. The molecule has 0 aliphatic carbocycles. The van der Waals surface area contributed by atoms with Crippen LogP contribution >= 0.6 is 0 Å². The second kappa shape index (κ2) is 8.06. The molecule has 0 atom stereocenters. The predicted octanol–water partition coefficient (Wildman–Crippen LogP) is 0.191. The average Bonchev–Trinajstić information content (AvgIpc) is 3.18. The van der Waals surface area contributed by atoms with Gasteiger partial charge in [-0.2, -0.15) is 5.10 Å². The topological polar surface area (TPSA) is 104 Å². The van der Waals surface area contributed by atoms with Crippen LogP contribution in [0.2, 0.25) is 0 Å². The molecule has 1 amide bonds. The summed E-state index contributed by atoms with van der Waals surface area (Å²) < 4.78 is 7.88. The van der Waals surface area contributed by atoms with E-state index in [0.717, 1.165) is 5.56 Å². The van der Waals surface area contributed by atoms with E-state index in [9.17, 15) is 9.59 Å². The zero-order valence-electron chi connectivity index (χ0n) is 14.2. The van der Waals surface area contributed by atoms with Crippen molar-refractivity contribution in [3.05, 3.63) is 65.0 Å². The van der Waals surface area contributed by atoms with Crippen LogP contribution < -0.4 is 15.6 Å². The summed E-state index contributed by atoms with van der Waals surface area (Å²) in [7, 11) is 1.58. The molecule has 26 heavy (non-hydrogen) atoms. The minimum absolute atomic E-state index is 0.140. The number of methoxy groups -OCH3 is 1. The highest BCUT2D eigenvalue weighted by Crippen LogP contribution is 2.12. The fourth-order valence-electron chi connectivity index (χ4n) is 2.38. The number of benzene rings is 1. The summed E-state index contributed by atoms with van der Waals surface area (Å²) in [5, 5.41) is 11.0. The SMILES string of the molecule is COc1cccc(CC(=O)NCCn2nc(-n3cncn3)ccc2=O)c1. The summed E-state index contributed by atoms with van der Waals surface area (Å²) in [5.74, 6) is 1.04. The van der Waals surface area contributed by atoms with Gasteiger partial charge in [-0.05, 0) is 23.8 Å². The fourth-order valence-corrected chi connectivity index (χ4v) is 2.38. The molecular formula is C17H18N6O3. The highest BCUT2D eigenvalue weighted by molar-refractivity contribution is 5.78. The van der Waals surface area contributed by atoms with Crippen molar-refractivity contribution in [1.29, 1.82) is 0 Å². The van der Waals surface area contributed by atoms with E-state index >= 15 is 0 Å². The average molecular weight is 354 g/mol. The third-order valence-electron chi connectivity index (χ3n) is 3.65. The number of carbonyl (C=O) groups excluding carboxylic acids is 1. The van der Waals surface area contributed by atoms with E-state index in [1.165, 1.54) is 28.1 Å². The Hall–Kier alpha value is -3.49. The minimum atomic E-state index is -0.254. The molecule has 0 aliphatic heterocycles. The molecule has 0 aliphatic rings. The van der Waals surface area contributed by atoms with E-state index in [4.69, 9.17) is 4.74 Å². The highest BCUT2D eigenvalue weighted by Gasteiger charge is 2.06. The molecule has 1 aromatic carbocycles. The van der Waals surface area contributed by atoms with Crippen LogP contribution in [0.3, 0.4) is 0 Å². The summed E-state index contributed by atoms with van der Waals surface area (Å²) in [5.41, 5.74) is 0.598. The number of amides is 1. The first kappa shape index (κ1) is 17.3. The maximum absolute atomic E-state index is 12.1. The summed E-state index contributed by atoms with van der Waals surface area (Å²) in [6, 6.07) is 10.3. The Morgan fingerprint density at radius 1 is 1.27 bits per heavy atom. The number of ether oxygens (including phenoxy) is 1. The number of carbonyl (C=O) groups is 1. The maximum atomic E-state index is 12.1. The lowest BCUT2D eigenvalue weighted by atomic mass is 10.1. The van der Waals surface area contributed by atoms with Crippen LogP contribution in [0.25, 0.3) is 5.82 Å². The van der Waals surface area contributed by atoms with E-state index in [1.54, 1.807) is 13.2 Å². The molecule has 134 valence electrons. The first-order valence-corrected chi connectivity index (χ1v) is 7.98. The molecule has 0 radical (unpaired) electrons. The molecule has 3 rings (SSSR count). The predicted molar refractivity (Wildman–Crippen MR) is 93.1 cm³/mol. The van der Waals surface area contributed by atoms with Gasteiger partial charge in [0.15, 0.2) is 5.82 Å². The van der Waals surface area contributed by atoms with Crippen molar-refractivity contribution in [2.24, 2.45) is 0 Å². The smallest absolute Gasteiger partial charge is 0.266 e. The third-order valence-corrected chi connectivity index (χ3v) is 3.65. The summed E-state index contributed by atoms with van der Waals surface area (Å²) in [6.07, 6.45) is 3.11. The normalized spacial score (nSPS) is 10.5. The fraction of sp³-hybridized carbons (Fsp3) is 0.235. The van der Waals surface area contributed by atoms with E-state index in [2.05, 4.69) is 20.5 Å². The number of nitrogens with zero attached hydrogens (tertiary/aromatic N) is 5. The Labute approximate surface area is 149 Å². The molecule has 1 N–H and O–H groups in total. The van der Waals surface area contributed by atoms with Crippen LogP contribution in [0.1, 0.15) is 5.56 Å². The van der Waals surface area contributed by atoms with Gasteiger partial charge < -0.3 is 10.1 Å². The first-order valence-electron chi connectivity index (χ1n) is 7.98. The molecule has 0 spiro atoms. The molecular weight excluding hydrogens is 336 g/mol. The van der Waals surface area contributed by atoms with E-state index in [-0.39, 0.29) is 31.0 Å². The number of aromatic nitrogens is 5. The summed E-state index contributed by atoms with van der Waals surface area (Å²) in [4.78, 5) is 27.8. The Balaban J connectivity index is 1.56. The molecule has 9 heteroatoms. The maximum Gasteiger partial charge on any atom is 0.266 e. The van der Waals surface area contributed by atoms with Gasteiger partial charge in [-0.25, -0.2) is 14.3 Å². The van der Waals surface area contributed by atoms with Crippen molar-refractivity contribution in [1.82, 2.24) is 29.9 Å². The van der Waals surface area contributed by atoms with Crippen LogP contribution in [0.4, 0.5) is 0 Å². The molecule has 0 saturated heterocycles. The number of hydrogen-bond donors (Lipinski definition) is 1. The van der Waals surface area contributed by atoms with Crippen LogP contribution in [0.15, 0.2) is 53.8 Å². The van der Waals surface area contributed by atoms with Gasteiger partial charge in [0.1, 0.15) is 18.4 Å². The van der Waals surface area contributed by atoms with Crippen molar-refractivity contribution in [2.45, 2.75) is 13.0 Å². The molecule has 3 aromatic rings. The van der Waals surface area contributed by atoms with Gasteiger partial charge in [-0.15, -0.1) is 5.10 Å². The lowest BCUT2D eigenvalue weighted by Crippen LogP contribution is -2.33. The van der Waals surface area contributed by atoms with Gasteiger partial charge in [0, 0.05) is 12.6 Å². The van der Waals surface area contributed by atoms with Gasteiger partial charge >= 0.3 is 0 Å². The quantitative estimate of drug-likeness (QED) is 0.650. The molecule has 0 fully saturated rings. The largest absolute Gasteiger partial charge is 0.497 e.